The second-order valence-corrected chi connectivity index (χ2v) is 4.35. The smallest absolute Gasteiger partial charge is 0.159 e. The Bertz CT molecular complexity index is 581. The second kappa shape index (κ2) is 5.19. The van der Waals surface area contributed by atoms with Crippen LogP contribution in [0.25, 0.3) is 0 Å². The molecule has 0 spiro atoms. The van der Waals surface area contributed by atoms with Gasteiger partial charge >= 0.3 is 0 Å². The van der Waals surface area contributed by atoms with Crippen molar-refractivity contribution in [3.63, 3.8) is 0 Å². The third kappa shape index (κ3) is 3.08. The average Bonchev–Trinajstić information content (AvgIpc) is 2.31. The van der Waals surface area contributed by atoms with E-state index in [0.717, 1.165) is 5.69 Å². The molecule has 0 unspecified atom stereocenters. The van der Waals surface area contributed by atoms with E-state index in [1.54, 1.807) is 30.3 Å². The van der Waals surface area contributed by atoms with Crippen molar-refractivity contribution in [1.29, 1.82) is 0 Å². The summed E-state index contributed by atoms with van der Waals surface area (Å²) < 4.78 is 13.3. The standard InChI is InChI=1S/C14H11ClFNO/c1-9(18)10-6-12(16)8-14(7-10)17-13-4-2-11(15)3-5-13/h2-8,17H,1H3. The Kier molecular flexibility index (Phi) is 3.63. The Morgan fingerprint density at radius 2 is 1.78 bits per heavy atom. The molecule has 0 aromatic heterocycles. The monoisotopic (exact) mass is 263 g/mol. The van der Waals surface area contributed by atoms with E-state index in [0.29, 0.717) is 16.3 Å². The highest BCUT2D eigenvalue weighted by molar-refractivity contribution is 6.30. The van der Waals surface area contributed by atoms with Crippen LogP contribution in [-0.2, 0) is 0 Å². The number of nitrogens with one attached hydrogen (secondary N) is 1. The molecule has 0 atom stereocenters. The Morgan fingerprint density at radius 1 is 1.11 bits per heavy atom. The molecular formula is C14H11ClFNO. The van der Waals surface area contributed by atoms with Crippen molar-refractivity contribution < 1.29 is 9.18 Å². The molecule has 2 aromatic rings. The van der Waals surface area contributed by atoms with Gasteiger partial charge in [-0.2, -0.15) is 0 Å². The molecule has 0 aliphatic heterocycles. The lowest BCUT2D eigenvalue weighted by molar-refractivity contribution is 0.101. The summed E-state index contributed by atoms with van der Waals surface area (Å²) in [6.45, 7) is 1.40. The number of ketones is 1. The quantitative estimate of drug-likeness (QED) is 0.830. The average molecular weight is 264 g/mol. The van der Waals surface area contributed by atoms with Crippen LogP contribution in [0.5, 0.6) is 0 Å². The van der Waals surface area contributed by atoms with Gasteiger partial charge in [-0.1, -0.05) is 11.6 Å². The zero-order chi connectivity index (χ0) is 13.1. The number of hydrogen-bond acceptors (Lipinski definition) is 2. The fourth-order valence-electron chi connectivity index (χ4n) is 1.56. The molecule has 0 aliphatic carbocycles. The van der Waals surface area contributed by atoms with Crippen LogP contribution in [0.4, 0.5) is 15.8 Å². The summed E-state index contributed by atoms with van der Waals surface area (Å²) in [4.78, 5) is 11.2. The van der Waals surface area contributed by atoms with E-state index in [4.69, 9.17) is 11.6 Å². The van der Waals surface area contributed by atoms with Gasteiger partial charge in [-0.05, 0) is 49.4 Å². The summed E-state index contributed by atoms with van der Waals surface area (Å²) in [7, 11) is 0. The van der Waals surface area contributed by atoms with Gasteiger partial charge in [0, 0.05) is 22.0 Å². The SMILES string of the molecule is CC(=O)c1cc(F)cc(Nc2ccc(Cl)cc2)c1. The lowest BCUT2D eigenvalue weighted by Gasteiger charge is -2.08. The largest absolute Gasteiger partial charge is 0.355 e. The van der Waals surface area contributed by atoms with E-state index >= 15 is 0 Å². The Balaban J connectivity index is 2.28. The van der Waals surface area contributed by atoms with Crippen LogP contribution in [-0.4, -0.2) is 5.78 Å². The normalized spacial score (nSPS) is 10.2. The predicted molar refractivity (Wildman–Crippen MR) is 71.1 cm³/mol. The van der Waals surface area contributed by atoms with Gasteiger partial charge in [0.2, 0.25) is 0 Å². The topological polar surface area (TPSA) is 29.1 Å². The molecule has 0 fully saturated rings. The van der Waals surface area contributed by atoms with Gasteiger partial charge in [0.1, 0.15) is 5.82 Å². The molecule has 18 heavy (non-hydrogen) atoms. The lowest BCUT2D eigenvalue weighted by atomic mass is 10.1. The summed E-state index contributed by atoms with van der Waals surface area (Å²) in [6.07, 6.45) is 0. The van der Waals surface area contributed by atoms with E-state index in [9.17, 15) is 9.18 Å². The molecule has 0 heterocycles. The number of hydrogen-bond donors (Lipinski definition) is 1. The van der Waals surface area contributed by atoms with Gasteiger partial charge in [0.25, 0.3) is 0 Å². The molecule has 2 nitrogen and oxygen atoms in total. The maximum atomic E-state index is 13.3. The molecule has 4 heteroatoms. The van der Waals surface area contributed by atoms with Gasteiger partial charge in [-0.25, -0.2) is 4.39 Å². The summed E-state index contributed by atoms with van der Waals surface area (Å²) in [5.41, 5.74) is 1.65. The highest BCUT2D eigenvalue weighted by Gasteiger charge is 2.05. The van der Waals surface area contributed by atoms with Crippen molar-refractivity contribution in [3.8, 4) is 0 Å². The second-order valence-electron chi connectivity index (χ2n) is 3.92. The van der Waals surface area contributed by atoms with Crippen LogP contribution >= 0.6 is 11.6 Å². The minimum atomic E-state index is -0.445. The minimum Gasteiger partial charge on any atom is -0.355 e. The molecule has 0 saturated carbocycles. The number of carbonyl (C=O) groups is 1. The molecule has 0 amide bonds. The van der Waals surface area contributed by atoms with E-state index in [-0.39, 0.29) is 5.78 Å². The van der Waals surface area contributed by atoms with Crippen molar-refractivity contribution >= 4 is 28.8 Å². The summed E-state index contributed by atoms with van der Waals surface area (Å²) >= 11 is 5.77. The van der Waals surface area contributed by atoms with Crippen LogP contribution in [0.1, 0.15) is 17.3 Å². The Morgan fingerprint density at radius 3 is 2.39 bits per heavy atom. The van der Waals surface area contributed by atoms with Crippen molar-refractivity contribution in [2.45, 2.75) is 6.92 Å². The zero-order valence-corrected chi connectivity index (χ0v) is 10.5. The van der Waals surface area contributed by atoms with E-state index in [1.165, 1.54) is 19.1 Å². The molecule has 92 valence electrons. The lowest BCUT2D eigenvalue weighted by Crippen LogP contribution is -1.97. The zero-order valence-electron chi connectivity index (χ0n) is 9.71. The highest BCUT2D eigenvalue weighted by Crippen LogP contribution is 2.21. The Labute approximate surface area is 109 Å². The first-order chi connectivity index (χ1) is 8.54. The number of benzene rings is 2. The summed E-state index contributed by atoms with van der Waals surface area (Å²) in [5, 5.41) is 3.65. The molecule has 1 N–H and O–H groups in total. The maximum absolute atomic E-state index is 13.3. The first-order valence-corrected chi connectivity index (χ1v) is 5.76. The van der Waals surface area contributed by atoms with Crippen LogP contribution in [0.2, 0.25) is 5.02 Å². The fraction of sp³-hybridized carbons (Fsp3) is 0.0714. The third-order valence-corrected chi connectivity index (χ3v) is 2.69. The van der Waals surface area contributed by atoms with Gasteiger partial charge < -0.3 is 5.32 Å². The van der Waals surface area contributed by atoms with Gasteiger partial charge in [-0.3, -0.25) is 4.79 Å². The van der Waals surface area contributed by atoms with Crippen molar-refractivity contribution in [2.24, 2.45) is 0 Å². The summed E-state index contributed by atoms with van der Waals surface area (Å²) in [5.74, 6) is -0.618. The van der Waals surface area contributed by atoms with Gasteiger partial charge in [0.05, 0.1) is 0 Å². The molecule has 0 aliphatic rings. The van der Waals surface area contributed by atoms with Gasteiger partial charge in [0.15, 0.2) is 5.78 Å². The van der Waals surface area contributed by atoms with Crippen LogP contribution in [0.3, 0.4) is 0 Å². The molecule has 2 rings (SSSR count). The first kappa shape index (κ1) is 12.6. The minimum absolute atomic E-state index is 0.173. The number of anilines is 2. The number of rotatable bonds is 3. The predicted octanol–water partition coefficient (Wildman–Crippen LogP) is 4.43. The van der Waals surface area contributed by atoms with Gasteiger partial charge in [-0.15, -0.1) is 0 Å². The number of carbonyl (C=O) groups excluding carboxylic acids is 1. The van der Waals surface area contributed by atoms with E-state index in [1.807, 2.05) is 0 Å². The van der Waals surface area contributed by atoms with E-state index in [2.05, 4.69) is 5.32 Å². The summed E-state index contributed by atoms with van der Waals surface area (Å²) in [6, 6.07) is 11.2. The number of Topliss-reactive ketones (excluding diaryl/α,β-unsaturated/α-hetero) is 1. The maximum Gasteiger partial charge on any atom is 0.159 e. The van der Waals surface area contributed by atoms with Crippen LogP contribution < -0.4 is 5.32 Å². The van der Waals surface area contributed by atoms with Crippen LogP contribution in [0.15, 0.2) is 42.5 Å². The van der Waals surface area contributed by atoms with Crippen molar-refractivity contribution in [3.05, 3.63) is 58.9 Å². The highest BCUT2D eigenvalue weighted by atomic mass is 35.5. The van der Waals surface area contributed by atoms with Crippen molar-refractivity contribution in [1.82, 2.24) is 0 Å². The Hall–Kier alpha value is -1.87. The van der Waals surface area contributed by atoms with E-state index < -0.39 is 5.82 Å². The third-order valence-electron chi connectivity index (χ3n) is 2.44. The van der Waals surface area contributed by atoms with Crippen LogP contribution in [0, 0.1) is 5.82 Å². The molecule has 0 saturated heterocycles. The molecule has 0 radical (unpaired) electrons. The fourth-order valence-corrected chi connectivity index (χ4v) is 1.69. The first-order valence-electron chi connectivity index (χ1n) is 5.39. The van der Waals surface area contributed by atoms with Crippen molar-refractivity contribution in [2.75, 3.05) is 5.32 Å². The molecular weight excluding hydrogens is 253 g/mol. The molecule has 0 bridgehead atoms. The number of halogens is 2. The molecule has 2 aromatic carbocycles.